The van der Waals surface area contributed by atoms with Crippen molar-refractivity contribution in [3.05, 3.63) is 29.8 Å². The molecule has 17 heavy (non-hydrogen) atoms. The van der Waals surface area contributed by atoms with Crippen LogP contribution in [0.3, 0.4) is 0 Å². The highest BCUT2D eigenvalue weighted by molar-refractivity contribution is 5.78. The zero-order chi connectivity index (χ0) is 12.1. The van der Waals surface area contributed by atoms with Crippen LogP contribution in [0.1, 0.15) is 12.0 Å². The van der Waals surface area contributed by atoms with Gasteiger partial charge in [-0.05, 0) is 24.1 Å². The van der Waals surface area contributed by atoms with Crippen LogP contribution in [0.25, 0.3) is 0 Å². The first-order valence-corrected chi connectivity index (χ1v) is 5.93. The highest BCUT2D eigenvalue weighted by Gasteiger charge is 2.16. The summed E-state index contributed by atoms with van der Waals surface area (Å²) in [5.41, 5.74) is 7.30. The second-order valence-corrected chi connectivity index (χ2v) is 4.46. The Balaban J connectivity index is 1.76. The molecule has 0 bridgehead atoms. The lowest BCUT2D eigenvalue weighted by molar-refractivity contribution is -0.120. The molecule has 0 saturated carbocycles. The Morgan fingerprint density at radius 1 is 1.53 bits per heavy atom. The lowest BCUT2D eigenvalue weighted by Gasteiger charge is -2.09. The zero-order valence-corrected chi connectivity index (χ0v) is 9.82. The SMILES string of the molecule is Nc1cccc(CC(=O)NCC2CCOC2)c1. The van der Waals surface area contributed by atoms with Crippen molar-refractivity contribution in [3.8, 4) is 0 Å². The number of amides is 1. The van der Waals surface area contributed by atoms with Crippen LogP contribution in [-0.4, -0.2) is 25.7 Å². The lowest BCUT2D eigenvalue weighted by atomic mass is 10.1. The van der Waals surface area contributed by atoms with Crippen molar-refractivity contribution < 1.29 is 9.53 Å². The third-order valence-electron chi connectivity index (χ3n) is 2.93. The Hall–Kier alpha value is -1.55. The molecule has 1 aromatic carbocycles. The fraction of sp³-hybridized carbons (Fsp3) is 0.462. The summed E-state index contributed by atoms with van der Waals surface area (Å²) in [5.74, 6) is 0.516. The Bertz CT molecular complexity index is 387. The van der Waals surface area contributed by atoms with E-state index in [1.54, 1.807) is 0 Å². The number of carbonyl (C=O) groups excluding carboxylic acids is 1. The fourth-order valence-electron chi connectivity index (χ4n) is 1.95. The number of nitrogens with two attached hydrogens (primary N) is 1. The quantitative estimate of drug-likeness (QED) is 0.763. The smallest absolute Gasteiger partial charge is 0.224 e. The minimum Gasteiger partial charge on any atom is -0.399 e. The zero-order valence-electron chi connectivity index (χ0n) is 9.82. The van der Waals surface area contributed by atoms with Crippen molar-refractivity contribution in [2.45, 2.75) is 12.8 Å². The maximum absolute atomic E-state index is 11.7. The minimum atomic E-state index is 0.0440. The van der Waals surface area contributed by atoms with Crippen LogP contribution in [-0.2, 0) is 16.0 Å². The first-order valence-electron chi connectivity index (χ1n) is 5.93. The first kappa shape index (κ1) is 11.9. The van der Waals surface area contributed by atoms with Gasteiger partial charge in [0.15, 0.2) is 0 Å². The second kappa shape index (κ2) is 5.68. The van der Waals surface area contributed by atoms with Gasteiger partial charge in [0.25, 0.3) is 0 Å². The van der Waals surface area contributed by atoms with Crippen molar-refractivity contribution in [1.82, 2.24) is 5.32 Å². The van der Waals surface area contributed by atoms with Crippen molar-refractivity contribution in [2.75, 3.05) is 25.5 Å². The molecule has 1 heterocycles. The van der Waals surface area contributed by atoms with Gasteiger partial charge in [0.05, 0.1) is 13.0 Å². The van der Waals surface area contributed by atoms with Gasteiger partial charge in [0, 0.05) is 24.8 Å². The summed E-state index contributed by atoms with van der Waals surface area (Å²) in [6.45, 7) is 2.29. The molecule has 0 aromatic heterocycles. The van der Waals surface area contributed by atoms with Crippen LogP contribution < -0.4 is 11.1 Å². The highest BCUT2D eigenvalue weighted by atomic mass is 16.5. The molecule has 3 N–H and O–H groups in total. The summed E-state index contributed by atoms with van der Waals surface area (Å²) in [6, 6.07) is 7.42. The van der Waals surface area contributed by atoms with Crippen LogP contribution in [0.2, 0.25) is 0 Å². The Morgan fingerprint density at radius 2 is 2.41 bits per heavy atom. The molecule has 2 rings (SSSR count). The molecule has 0 radical (unpaired) electrons. The first-order chi connectivity index (χ1) is 8.24. The number of rotatable bonds is 4. The van der Waals surface area contributed by atoms with E-state index >= 15 is 0 Å². The van der Waals surface area contributed by atoms with Crippen LogP contribution in [0.5, 0.6) is 0 Å². The molecular weight excluding hydrogens is 216 g/mol. The Labute approximate surface area is 101 Å². The average Bonchev–Trinajstić information content (AvgIpc) is 2.79. The monoisotopic (exact) mass is 234 g/mol. The number of nitrogens with one attached hydrogen (secondary N) is 1. The summed E-state index contributed by atoms with van der Waals surface area (Å²) < 4.78 is 5.26. The predicted molar refractivity (Wildman–Crippen MR) is 66.5 cm³/mol. The molecule has 1 atom stereocenters. The third kappa shape index (κ3) is 3.75. The van der Waals surface area contributed by atoms with E-state index < -0.39 is 0 Å². The molecule has 1 saturated heterocycles. The largest absolute Gasteiger partial charge is 0.399 e. The van der Waals surface area contributed by atoms with Crippen LogP contribution in [0, 0.1) is 5.92 Å². The number of ether oxygens (including phenoxy) is 1. The molecule has 1 unspecified atom stereocenters. The van der Waals surface area contributed by atoms with E-state index in [1.165, 1.54) is 0 Å². The molecule has 4 heteroatoms. The van der Waals surface area contributed by atoms with Gasteiger partial charge >= 0.3 is 0 Å². The normalized spacial score (nSPS) is 19.2. The highest BCUT2D eigenvalue weighted by Crippen LogP contribution is 2.11. The number of benzene rings is 1. The minimum absolute atomic E-state index is 0.0440. The molecule has 1 fully saturated rings. The molecular formula is C13H18N2O2. The predicted octanol–water partition coefficient (Wildman–Crippen LogP) is 0.964. The van der Waals surface area contributed by atoms with Crippen LogP contribution >= 0.6 is 0 Å². The maximum Gasteiger partial charge on any atom is 0.224 e. The fourth-order valence-corrected chi connectivity index (χ4v) is 1.95. The molecule has 92 valence electrons. The Morgan fingerprint density at radius 3 is 3.12 bits per heavy atom. The van der Waals surface area contributed by atoms with E-state index in [-0.39, 0.29) is 5.91 Å². The number of hydrogen-bond acceptors (Lipinski definition) is 3. The molecule has 1 amide bonds. The molecule has 1 aromatic rings. The van der Waals surface area contributed by atoms with Crippen LogP contribution in [0.15, 0.2) is 24.3 Å². The van der Waals surface area contributed by atoms with E-state index in [0.717, 1.165) is 25.2 Å². The topological polar surface area (TPSA) is 64.4 Å². The van der Waals surface area contributed by atoms with Gasteiger partial charge in [-0.2, -0.15) is 0 Å². The molecule has 0 spiro atoms. The molecule has 4 nitrogen and oxygen atoms in total. The van der Waals surface area contributed by atoms with Gasteiger partial charge in [-0.25, -0.2) is 0 Å². The molecule has 1 aliphatic rings. The molecule has 1 aliphatic heterocycles. The van der Waals surface area contributed by atoms with Crippen molar-refractivity contribution >= 4 is 11.6 Å². The lowest BCUT2D eigenvalue weighted by Crippen LogP contribution is -2.30. The van der Waals surface area contributed by atoms with Gasteiger partial charge in [0.1, 0.15) is 0 Å². The summed E-state index contributed by atoms with van der Waals surface area (Å²) >= 11 is 0. The van der Waals surface area contributed by atoms with Crippen LogP contribution in [0.4, 0.5) is 5.69 Å². The summed E-state index contributed by atoms with van der Waals surface area (Å²) in [6.07, 6.45) is 1.43. The average molecular weight is 234 g/mol. The van der Waals surface area contributed by atoms with E-state index in [9.17, 15) is 4.79 Å². The number of carbonyl (C=O) groups is 1. The van der Waals surface area contributed by atoms with Crippen molar-refractivity contribution in [2.24, 2.45) is 5.92 Å². The summed E-state index contributed by atoms with van der Waals surface area (Å²) in [7, 11) is 0. The summed E-state index contributed by atoms with van der Waals surface area (Å²) in [5, 5.41) is 2.93. The van der Waals surface area contributed by atoms with Gasteiger partial charge in [-0.1, -0.05) is 12.1 Å². The van der Waals surface area contributed by atoms with E-state index in [1.807, 2.05) is 24.3 Å². The van der Waals surface area contributed by atoms with Gasteiger partial charge in [-0.15, -0.1) is 0 Å². The maximum atomic E-state index is 11.7. The summed E-state index contributed by atoms with van der Waals surface area (Å²) in [4.78, 5) is 11.7. The van der Waals surface area contributed by atoms with Crippen molar-refractivity contribution in [3.63, 3.8) is 0 Å². The van der Waals surface area contributed by atoms with Gasteiger partial charge < -0.3 is 15.8 Å². The number of anilines is 1. The van der Waals surface area contributed by atoms with E-state index in [2.05, 4.69) is 5.32 Å². The second-order valence-electron chi connectivity index (χ2n) is 4.46. The number of hydrogen-bond donors (Lipinski definition) is 2. The third-order valence-corrected chi connectivity index (χ3v) is 2.93. The van der Waals surface area contributed by atoms with Gasteiger partial charge in [-0.3, -0.25) is 4.79 Å². The van der Waals surface area contributed by atoms with Gasteiger partial charge in [0.2, 0.25) is 5.91 Å². The Kier molecular flexibility index (Phi) is 3.98. The van der Waals surface area contributed by atoms with E-state index in [0.29, 0.717) is 24.6 Å². The van der Waals surface area contributed by atoms with Crippen molar-refractivity contribution in [1.29, 1.82) is 0 Å². The molecule has 0 aliphatic carbocycles. The number of nitrogen functional groups attached to an aromatic ring is 1. The standard InChI is InChI=1S/C13H18N2O2/c14-12-3-1-2-10(6-12)7-13(16)15-8-11-4-5-17-9-11/h1-3,6,11H,4-5,7-9,14H2,(H,15,16). The van der Waals surface area contributed by atoms with E-state index in [4.69, 9.17) is 10.5 Å².